The van der Waals surface area contributed by atoms with Crippen LogP contribution in [0.3, 0.4) is 0 Å². The van der Waals surface area contributed by atoms with Gasteiger partial charge in [-0.15, -0.1) is 6.42 Å². The van der Waals surface area contributed by atoms with E-state index < -0.39 is 23.8 Å². The summed E-state index contributed by atoms with van der Waals surface area (Å²) in [6.45, 7) is 12.9. The van der Waals surface area contributed by atoms with Crippen LogP contribution in [-0.4, -0.2) is 47.0 Å². The molecule has 0 bridgehead atoms. The molecule has 0 spiro atoms. The molecule has 0 aliphatic carbocycles. The number of terminal acetylenes is 1. The third kappa shape index (κ3) is 8.26. The van der Waals surface area contributed by atoms with Crippen molar-refractivity contribution >= 4 is 17.9 Å². The number of hydrogen-bond donors (Lipinski definition) is 2. The summed E-state index contributed by atoms with van der Waals surface area (Å²) in [5.74, 6) is 1.90. The zero-order valence-corrected chi connectivity index (χ0v) is 20.3. The smallest absolute Gasteiger partial charge is 0.408 e. The molecule has 2 N–H and O–H groups in total. The van der Waals surface area contributed by atoms with E-state index in [4.69, 9.17) is 11.2 Å². The van der Waals surface area contributed by atoms with Crippen LogP contribution in [0.5, 0.6) is 0 Å². The average molecular weight is 444 g/mol. The van der Waals surface area contributed by atoms with Gasteiger partial charge in [-0.25, -0.2) is 4.79 Å². The largest absolute Gasteiger partial charge is 0.444 e. The van der Waals surface area contributed by atoms with Gasteiger partial charge in [0.2, 0.25) is 11.8 Å². The number of nitrogens with zero attached hydrogens (tertiary/aromatic N) is 1. The maximum absolute atomic E-state index is 13.5. The second kappa shape index (κ2) is 12.1. The van der Waals surface area contributed by atoms with Crippen molar-refractivity contribution in [3.8, 4) is 12.3 Å². The minimum Gasteiger partial charge on any atom is -0.444 e. The molecular formula is C25H37N3O4. The van der Waals surface area contributed by atoms with Gasteiger partial charge in [-0.05, 0) is 59.6 Å². The number of ether oxygens (including phenoxy) is 1. The molecule has 2 atom stereocenters. The van der Waals surface area contributed by atoms with Crippen molar-refractivity contribution in [1.82, 2.24) is 15.5 Å². The zero-order chi connectivity index (χ0) is 24.5. The van der Waals surface area contributed by atoms with Crippen LogP contribution in [-0.2, 0) is 14.3 Å². The molecule has 7 nitrogen and oxygen atoms in total. The summed E-state index contributed by atoms with van der Waals surface area (Å²) in [7, 11) is 0. The number of amides is 3. The first kappa shape index (κ1) is 27.0. The van der Waals surface area contributed by atoms with Crippen molar-refractivity contribution < 1.29 is 19.1 Å². The topological polar surface area (TPSA) is 87.7 Å². The lowest BCUT2D eigenvalue weighted by molar-refractivity contribution is -0.142. The summed E-state index contributed by atoms with van der Waals surface area (Å²) in [5, 5.41) is 5.49. The van der Waals surface area contributed by atoms with Crippen LogP contribution in [0.4, 0.5) is 4.79 Å². The van der Waals surface area contributed by atoms with Gasteiger partial charge in [-0.1, -0.05) is 37.5 Å². The van der Waals surface area contributed by atoms with Crippen LogP contribution in [0.1, 0.15) is 78.5 Å². The SMILES string of the molecule is C#Cc1ccccc1C(C(=O)NC(C)C)N(CCCC)C(=O)C(C)NC(=O)OC(C)(C)C. The molecule has 176 valence electrons. The molecule has 7 heteroatoms. The molecular weight excluding hydrogens is 406 g/mol. The third-order valence-corrected chi connectivity index (χ3v) is 4.54. The Morgan fingerprint density at radius 2 is 1.75 bits per heavy atom. The van der Waals surface area contributed by atoms with E-state index in [1.807, 2.05) is 20.8 Å². The van der Waals surface area contributed by atoms with E-state index in [9.17, 15) is 14.4 Å². The highest BCUT2D eigenvalue weighted by molar-refractivity contribution is 5.92. The first-order valence-electron chi connectivity index (χ1n) is 11.1. The predicted molar refractivity (Wildman–Crippen MR) is 126 cm³/mol. The zero-order valence-electron chi connectivity index (χ0n) is 20.3. The highest BCUT2D eigenvalue weighted by Gasteiger charge is 2.35. The Bertz CT molecular complexity index is 836. The first-order chi connectivity index (χ1) is 14.9. The number of benzene rings is 1. The molecule has 0 saturated carbocycles. The Kier molecular flexibility index (Phi) is 10.2. The van der Waals surface area contributed by atoms with Crippen LogP contribution in [0, 0.1) is 12.3 Å². The van der Waals surface area contributed by atoms with Crippen LogP contribution >= 0.6 is 0 Å². The molecule has 0 aliphatic heterocycles. The van der Waals surface area contributed by atoms with Crippen molar-refractivity contribution in [1.29, 1.82) is 0 Å². The second-order valence-corrected chi connectivity index (χ2v) is 9.05. The van der Waals surface area contributed by atoms with Gasteiger partial charge in [-0.3, -0.25) is 9.59 Å². The fourth-order valence-electron chi connectivity index (χ4n) is 3.17. The average Bonchev–Trinajstić information content (AvgIpc) is 2.68. The number of hydrogen-bond acceptors (Lipinski definition) is 4. The molecule has 2 unspecified atom stereocenters. The molecule has 0 fully saturated rings. The lowest BCUT2D eigenvalue weighted by atomic mass is 9.97. The van der Waals surface area contributed by atoms with Gasteiger partial charge in [0.1, 0.15) is 17.7 Å². The standard InChI is InChI=1S/C25H37N3O4/c1-9-11-16-28(23(30)18(5)27-24(31)32-25(6,7)8)21(22(29)26-17(3)4)20-15-13-12-14-19(20)10-2/h2,12-15,17-18,21H,9,11,16H2,1,3-8H3,(H,26,29)(H,27,31). The van der Waals surface area contributed by atoms with E-state index in [0.29, 0.717) is 24.1 Å². The van der Waals surface area contributed by atoms with Gasteiger partial charge in [0.05, 0.1) is 0 Å². The number of alkyl carbamates (subject to hydrolysis) is 1. The molecule has 0 heterocycles. The van der Waals surface area contributed by atoms with Gasteiger partial charge < -0.3 is 20.3 Å². The molecule has 32 heavy (non-hydrogen) atoms. The summed E-state index contributed by atoms with van der Waals surface area (Å²) in [6.07, 6.45) is 6.51. The minimum absolute atomic E-state index is 0.122. The van der Waals surface area contributed by atoms with E-state index in [1.165, 1.54) is 4.90 Å². The minimum atomic E-state index is -0.924. The lowest BCUT2D eigenvalue weighted by Gasteiger charge is -2.34. The van der Waals surface area contributed by atoms with Gasteiger partial charge in [0.25, 0.3) is 0 Å². The molecule has 1 aromatic carbocycles. The second-order valence-electron chi connectivity index (χ2n) is 9.05. The number of unbranched alkanes of at least 4 members (excludes halogenated alkanes) is 1. The molecule has 0 radical (unpaired) electrons. The summed E-state index contributed by atoms with van der Waals surface area (Å²) in [5.41, 5.74) is 0.417. The summed E-state index contributed by atoms with van der Waals surface area (Å²) < 4.78 is 5.27. The first-order valence-corrected chi connectivity index (χ1v) is 11.1. The fraction of sp³-hybridized carbons (Fsp3) is 0.560. The molecule has 1 rings (SSSR count). The summed E-state index contributed by atoms with van der Waals surface area (Å²) in [4.78, 5) is 40.5. The molecule has 1 aromatic rings. The van der Waals surface area contributed by atoms with Crippen LogP contribution in [0.25, 0.3) is 0 Å². The van der Waals surface area contributed by atoms with Crippen molar-refractivity contribution in [3.63, 3.8) is 0 Å². The Morgan fingerprint density at radius 1 is 1.12 bits per heavy atom. The quantitative estimate of drug-likeness (QED) is 0.569. The van der Waals surface area contributed by atoms with E-state index >= 15 is 0 Å². The molecule has 0 aromatic heterocycles. The fourth-order valence-corrected chi connectivity index (χ4v) is 3.17. The lowest BCUT2D eigenvalue weighted by Crippen LogP contribution is -2.52. The summed E-state index contributed by atoms with van der Waals surface area (Å²) in [6, 6.07) is 5.15. The van der Waals surface area contributed by atoms with Gasteiger partial charge in [0.15, 0.2) is 0 Å². The van der Waals surface area contributed by atoms with Crippen LogP contribution < -0.4 is 10.6 Å². The van der Waals surface area contributed by atoms with E-state index in [1.54, 1.807) is 52.0 Å². The maximum atomic E-state index is 13.5. The number of nitrogens with one attached hydrogen (secondary N) is 2. The van der Waals surface area contributed by atoms with E-state index in [0.717, 1.165) is 6.42 Å². The third-order valence-electron chi connectivity index (χ3n) is 4.54. The number of carbonyl (C=O) groups excluding carboxylic acids is 3. The van der Waals surface area contributed by atoms with E-state index in [-0.39, 0.29) is 17.9 Å². The highest BCUT2D eigenvalue weighted by atomic mass is 16.6. The van der Waals surface area contributed by atoms with Crippen molar-refractivity contribution in [3.05, 3.63) is 35.4 Å². The Morgan fingerprint density at radius 3 is 2.28 bits per heavy atom. The molecule has 0 aliphatic rings. The predicted octanol–water partition coefficient (Wildman–Crippen LogP) is 3.78. The van der Waals surface area contributed by atoms with Crippen LogP contribution in [0.15, 0.2) is 24.3 Å². The highest BCUT2D eigenvalue weighted by Crippen LogP contribution is 2.26. The van der Waals surface area contributed by atoms with Gasteiger partial charge >= 0.3 is 6.09 Å². The van der Waals surface area contributed by atoms with Crippen molar-refractivity contribution in [2.45, 2.75) is 85.0 Å². The number of carbonyl (C=O) groups is 3. The van der Waals surface area contributed by atoms with Gasteiger partial charge in [0, 0.05) is 18.2 Å². The Balaban J connectivity index is 3.36. The Labute approximate surface area is 192 Å². The maximum Gasteiger partial charge on any atom is 0.408 e. The van der Waals surface area contributed by atoms with Gasteiger partial charge in [-0.2, -0.15) is 0 Å². The molecule has 3 amide bonds. The summed E-state index contributed by atoms with van der Waals surface area (Å²) >= 11 is 0. The van der Waals surface area contributed by atoms with Crippen LogP contribution in [0.2, 0.25) is 0 Å². The Hall–Kier alpha value is -3.01. The normalized spacial score (nSPS) is 13.0. The monoisotopic (exact) mass is 443 g/mol. The van der Waals surface area contributed by atoms with E-state index in [2.05, 4.69) is 16.6 Å². The van der Waals surface area contributed by atoms with Crippen molar-refractivity contribution in [2.75, 3.05) is 6.54 Å². The van der Waals surface area contributed by atoms with Crippen molar-refractivity contribution in [2.24, 2.45) is 0 Å². The molecule has 0 saturated heterocycles. The number of rotatable bonds is 9.